The minimum atomic E-state index is -0.0429. The molecule has 0 spiro atoms. The van der Waals surface area contributed by atoms with Gasteiger partial charge in [0.15, 0.2) is 5.78 Å². The maximum atomic E-state index is 11.8. The Morgan fingerprint density at radius 1 is 1.21 bits per heavy atom. The first-order valence-corrected chi connectivity index (χ1v) is 4.29. The summed E-state index contributed by atoms with van der Waals surface area (Å²) in [5.74, 6) is -0.0429. The number of ketones is 1. The molecule has 0 aliphatic carbocycles. The largest absolute Gasteiger partial charge is 0.289 e. The Labute approximate surface area is 82.2 Å². The first kappa shape index (κ1) is 8.63. The van der Waals surface area contributed by atoms with Gasteiger partial charge in [-0.25, -0.2) is 0 Å². The SMILES string of the molecule is O=C(c1[c]cccc1)c1cccnc1. The van der Waals surface area contributed by atoms with Crippen molar-refractivity contribution in [3.8, 4) is 0 Å². The Kier molecular flexibility index (Phi) is 2.36. The number of carbonyl (C=O) groups excluding carboxylic acids is 1. The summed E-state index contributed by atoms with van der Waals surface area (Å²) in [6.45, 7) is 0. The Balaban J connectivity index is 2.35. The fraction of sp³-hybridized carbons (Fsp3) is 0. The summed E-state index contributed by atoms with van der Waals surface area (Å²) in [7, 11) is 0. The van der Waals surface area contributed by atoms with Crippen molar-refractivity contribution in [3.05, 3.63) is 66.0 Å². The summed E-state index contributed by atoms with van der Waals surface area (Å²) in [4.78, 5) is 15.7. The van der Waals surface area contributed by atoms with Gasteiger partial charge in [0.05, 0.1) is 0 Å². The minimum absolute atomic E-state index is 0.0429. The number of aromatic nitrogens is 1. The van der Waals surface area contributed by atoms with Crippen molar-refractivity contribution >= 4 is 5.78 Å². The predicted octanol–water partition coefficient (Wildman–Crippen LogP) is 2.11. The number of hydrogen-bond donors (Lipinski definition) is 0. The molecular weight excluding hydrogens is 174 g/mol. The summed E-state index contributed by atoms with van der Waals surface area (Å²) in [6, 6.07) is 13.5. The van der Waals surface area contributed by atoms with Crippen LogP contribution >= 0.6 is 0 Å². The van der Waals surface area contributed by atoms with Crippen LogP contribution in [0.15, 0.2) is 48.8 Å². The van der Waals surface area contributed by atoms with E-state index in [1.54, 1.807) is 36.7 Å². The Morgan fingerprint density at radius 3 is 2.79 bits per heavy atom. The monoisotopic (exact) mass is 182 g/mol. The third-order valence-electron chi connectivity index (χ3n) is 1.88. The van der Waals surface area contributed by atoms with E-state index in [1.807, 2.05) is 12.1 Å². The van der Waals surface area contributed by atoms with Gasteiger partial charge in [-0.1, -0.05) is 24.3 Å². The fourth-order valence-electron chi connectivity index (χ4n) is 1.19. The van der Waals surface area contributed by atoms with Crippen molar-refractivity contribution in [2.75, 3.05) is 0 Å². The molecule has 2 aromatic rings. The highest BCUT2D eigenvalue weighted by Gasteiger charge is 2.07. The Hall–Kier alpha value is -1.96. The number of benzene rings is 1. The van der Waals surface area contributed by atoms with Crippen molar-refractivity contribution in [2.45, 2.75) is 0 Å². The molecule has 0 fully saturated rings. The summed E-state index contributed by atoms with van der Waals surface area (Å²) >= 11 is 0. The van der Waals surface area contributed by atoms with Gasteiger partial charge < -0.3 is 0 Å². The second-order valence-corrected chi connectivity index (χ2v) is 2.85. The highest BCUT2D eigenvalue weighted by atomic mass is 16.1. The minimum Gasteiger partial charge on any atom is -0.289 e. The Bertz CT molecular complexity index is 381. The lowest BCUT2D eigenvalue weighted by Crippen LogP contribution is -2.00. The molecule has 67 valence electrons. The summed E-state index contributed by atoms with van der Waals surface area (Å²) in [5.41, 5.74) is 1.16. The van der Waals surface area contributed by atoms with Gasteiger partial charge in [0.25, 0.3) is 0 Å². The quantitative estimate of drug-likeness (QED) is 0.666. The van der Waals surface area contributed by atoms with Crippen LogP contribution in [0.5, 0.6) is 0 Å². The summed E-state index contributed by atoms with van der Waals surface area (Å²) in [5, 5.41) is 0. The molecule has 1 aromatic carbocycles. The zero-order valence-corrected chi connectivity index (χ0v) is 7.47. The van der Waals surface area contributed by atoms with Gasteiger partial charge in [0.1, 0.15) is 0 Å². The molecule has 0 bridgehead atoms. The van der Waals surface area contributed by atoms with Gasteiger partial charge in [0.2, 0.25) is 0 Å². The summed E-state index contributed by atoms with van der Waals surface area (Å²) in [6.07, 6.45) is 3.20. The van der Waals surface area contributed by atoms with Crippen LogP contribution in [0.1, 0.15) is 15.9 Å². The van der Waals surface area contributed by atoms with Gasteiger partial charge in [-0.15, -0.1) is 0 Å². The van der Waals surface area contributed by atoms with Crippen molar-refractivity contribution < 1.29 is 4.79 Å². The third-order valence-corrected chi connectivity index (χ3v) is 1.88. The topological polar surface area (TPSA) is 30.0 Å². The maximum Gasteiger partial charge on any atom is 0.195 e. The number of pyridine rings is 1. The molecule has 0 N–H and O–H groups in total. The van der Waals surface area contributed by atoms with Crippen molar-refractivity contribution in [3.63, 3.8) is 0 Å². The van der Waals surface area contributed by atoms with Gasteiger partial charge in [-0.3, -0.25) is 9.78 Å². The second-order valence-electron chi connectivity index (χ2n) is 2.85. The fourth-order valence-corrected chi connectivity index (χ4v) is 1.19. The predicted molar refractivity (Wildman–Crippen MR) is 52.9 cm³/mol. The molecule has 1 radical (unpaired) electrons. The molecule has 2 heteroatoms. The van der Waals surface area contributed by atoms with Crippen LogP contribution in [0.4, 0.5) is 0 Å². The molecule has 2 rings (SSSR count). The van der Waals surface area contributed by atoms with Gasteiger partial charge in [-0.05, 0) is 18.2 Å². The van der Waals surface area contributed by atoms with E-state index in [0.717, 1.165) is 0 Å². The maximum absolute atomic E-state index is 11.8. The number of nitrogens with zero attached hydrogens (tertiary/aromatic N) is 1. The zero-order chi connectivity index (χ0) is 9.80. The van der Waals surface area contributed by atoms with Crippen LogP contribution in [0.3, 0.4) is 0 Å². The summed E-state index contributed by atoms with van der Waals surface area (Å²) < 4.78 is 0. The standard InChI is InChI=1S/C12H8NO/c14-12(10-5-2-1-3-6-10)11-7-4-8-13-9-11/h1-5,7-9H. The van der Waals surface area contributed by atoms with Crippen LogP contribution in [-0.4, -0.2) is 10.8 Å². The smallest absolute Gasteiger partial charge is 0.195 e. The highest BCUT2D eigenvalue weighted by molar-refractivity contribution is 6.08. The molecule has 0 aliphatic heterocycles. The van der Waals surface area contributed by atoms with Crippen LogP contribution in [-0.2, 0) is 0 Å². The van der Waals surface area contributed by atoms with E-state index in [2.05, 4.69) is 11.1 Å². The zero-order valence-electron chi connectivity index (χ0n) is 7.47. The normalized spacial score (nSPS) is 9.71. The molecule has 2 nitrogen and oxygen atoms in total. The van der Waals surface area contributed by atoms with E-state index >= 15 is 0 Å². The molecule has 1 heterocycles. The molecule has 14 heavy (non-hydrogen) atoms. The van der Waals surface area contributed by atoms with Crippen molar-refractivity contribution in [1.82, 2.24) is 4.98 Å². The van der Waals surface area contributed by atoms with E-state index < -0.39 is 0 Å². The number of carbonyl (C=O) groups is 1. The molecule has 0 atom stereocenters. The van der Waals surface area contributed by atoms with E-state index in [-0.39, 0.29) is 5.78 Å². The third kappa shape index (κ3) is 1.69. The average Bonchev–Trinajstić information content (AvgIpc) is 2.30. The molecule has 0 saturated heterocycles. The first-order valence-electron chi connectivity index (χ1n) is 4.29. The van der Waals surface area contributed by atoms with E-state index in [4.69, 9.17) is 0 Å². The molecular formula is C12H8NO. The van der Waals surface area contributed by atoms with Crippen LogP contribution in [0.25, 0.3) is 0 Å². The van der Waals surface area contributed by atoms with E-state index in [1.165, 1.54) is 0 Å². The van der Waals surface area contributed by atoms with Gasteiger partial charge >= 0.3 is 0 Å². The molecule has 0 saturated carbocycles. The van der Waals surface area contributed by atoms with Crippen molar-refractivity contribution in [1.29, 1.82) is 0 Å². The molecule has 1 aromatic heterocycles. The Morgan fingerprint density at radius 2 is 2.14 bits per heavy atom. The second kappa shape index (κ2) is 3.83. The van der Waals surface area contributed by atoms with E-state index in [9.17, 15) is 4.79 Å². The van der Waals surface area contributed by atoms with Gasteiger partial charge in [-0.2, -0.15) is 0 Å². The lowest BCUT2D eigenvalue weighted by Gasteiger charge is -1.98. The number of hydrogen-bond acceptors (Lipinski definition) is 2. The average molecular weight is 182 g/mol. The van der Waals surface area contributed by atoms with Gasteiger partial charge in [0, 0.05) is 23.5 Å². The van der Waals surface area contributed by atoms with Crippen LogP contribution in [0.2, 0.25) is 0 Å². The first-order chi connectivity index (χ1) is 6.88. The molecule has 0 aliphatic rings. The molecule has 0 unspecified atom stereocenters. The van der Waals surface area contributed by atoms with Crippen LogP contribution in [0, 0.1) is 6.07 Å². The van der Waals surface area contributed by atoms with Crippen LogP contribution < -0.4 is 0 Å². The molecule has 0 amide bonds. The van der Waals surface area contributed by atoms with E-state index in [0.29, 0.717) is 11.1 Å². The number of rotatable bonds is 2. The lowest BCUT2D eigenvalue weighted by atomic mass is 10.1. The lowest BCUT2D eigenvalue weighted by molar-refractivity contribution is 0.103. The van der Waals surface area contributed by atoms with Crippen molar-refractivity contribution in [2.24, 2.45) is 0 Å². The highest BCUT2D eigenvalue weighted by Crippen LogP contribution is 2.06.